The van der Waals surface area contributed by atoms with Crippen LogP contribution < -0.4 is 11.2 Å². The standard InChI is InChI=1S/C19H22N2O6/c1-19(2)26-11-13(27-19)10-21-17(23)14-7-5-12(6-8-16(22)25-4)9-15(14)20(3)18(21)24/h5-9,13H,10-11H2,1-4H3/b8-6+. The summed E-state index contributed by atoms with van der Waals surface area (Å²) in [7, 11) is 2.89. The van der Waals surface area contributed by atoms with Crippen molar-refractivity contribution >= 4 is 22.9 Å². The fourth-order valence-electron chi connectivity index (χ4n) is 3.08. The van der Waals surface area contributed by atoms with Crippen LogP contribution in [0.4, 0.5) is 0 Å². The van der Waals surface area contributed by atoms with Gasteiger partial charge in [-0.05, 0) is 37.6 Å². The van der Waals surface area contributed by atoms with Crippen LogP contribution in [-0.2, 0) is 32.6 Å². The SMILES string of the molecule is COC(=O)/C=C/c1ccc2c(=O)n(CC3COC(C)(C)O3)c(=O)n(C)c2c1. The third-order valence-electron chi connectivity index (χ3n) is 4.44. The van der Waals surface area contributed by atoms with Gasteiger partial charge >= 0.3 is 11.7 Å². The average molecular weight is 374 g/mol. The summed E-state index contributed by atoms with van der Waals surface area (Å²) in [4.78, 5) is 36.8. The van der Waals surface area contributed by atoms with Crippen molar-refractivity contribution in [2.24, 2.45) is 7.05 Å². The van der Waals surface area contributed by atoms with Crippen molar-refractivity contribution < 1.29 is 19.0 Å². The summed E-state index contributed by atoms with van der Waals surface area (Å²) < 4.78 is 18.4. The highest BCUT2D eigenvalue weighted by Crippen LogP contribution is 2.22. The molecule has 3 rings (SSSR count). The first-order chi connectivity index (χ1) is 12.7. The minimum atomic E-state index is -0.725. The second-order valence-corrected chi connectivity index (χ2v) is 6.84. The molecule has 2 aromatic rings. The van der Waals surface area contributed by atoms with Gasteiger partial charge in [-0.1, -0.05) is 6.07 Å². The number of methoxy groups -OCH3 is 1. The molecule has 0 saturated carbocycles. The summed E-state index contributed by atoms with van der Waals surface area (Å²) in [5.41, 5.74) is 0.339. The molecule has 0 radical (unpaired) electrons. The highest BCUT2D eigenvalue weighted by Gasteiger charge is 2.33. The fourth-order valence-corrected chi connectivity index (χ4v) is 3.08. The number of fused-ring (bicyclic) bond motifs is 1. The normalized spacial score (nSPS) is 19.0. The number of rotatable bonds is 4. The van der Waals surface area contributed by atoms with Gasteiger partial charge in [0.25, 0.3) is 5.56 Å². The van der Waals surface area contributed by atoms with Gasteiger partial charge < -0.3 is 14.2 Å². The van der Waals surface area contributed by atoms with Gasteiger partial charge in [-0.2, -0.15) is 0 Å². The van der Waals surface area contributed by atoms with Crippen molar-refractivity contribution in [1.29, 1.82) is 0 Å². The topological polar surface area (TPSA) is 88.8 Å². The monoisotopic (exact) mass is 374 g/mol. The van der Waals surface area contributed by atoms with Crippen molar-refractivity contribution in [3.05, 3.63) is 50.7 Å². The zero-order valence-corrected chi connectivity index (χ0v) is 15.7. The van der Waals surface area contributed by atoms with Gasteiger partial charge in [0.05, 0.1) is 31.2 Å². The Morgan fingerprint density at radius 1 is 1.37 bits per heavy atom. The highest BCUT2D eigenvalue weighted by molar-refractivity contribution is 5.88. The minimum Gasteiger partial charge on any atom is -0.466 e. The van der Waals surface area contributed by atoms with E-state index >= 15 is 0 Å². The Kier molecular flexibility index (Phi) is 5.03. The smallest absolute Gasteiger partial charge is 0.331 e. The zero-order valence-electron chi connectivity index (χ0n) is 15.7. The average Bonchev–Trinajstić information content (AvgIpc) is 2.99. The van der Waals surface area contributed by atoms with Gasteiger partial charge in [-0.15, -0.1) is 0 Å². The van der Waals surface area contributed by atoms with E-state index in [1.165, 1.54) is 22.3 Å². The molecule has 144 valence electrons. The fraction of sp³-hybridized carbons (Fsp3) is 0.421. The summed E-state index contributed by atoms with van der Waals surface area (Å²) >= 11 is 0. The third-order valence-corrected chi connectivity index (χ3v) is 4.44. The summed E-state index contributed by atoms with van der Waals surface area (Å²) in [5, 5.41) is 0.408. The molecule has 1 fully saturated rings. The van der Waals surface area contributed by atoms with E-state index in [2.05, 4.69) is 4.74 Å². The number of aromatic nitrogens is 2. The Labute approximate surface area is 155 Å². The van der Waals surface area contributed by atoms with Crippen LogP contribution in [0.3, 0.4) is 0 Å². The molecule has 0 aliphatic carbocycles. The molecular formula is C19H22N2O6. The molecule has 1 aliphatic rings. The lowest BCUT2D eigenvalue weighted by Crippen LogP contribution is -2.42. The van der Waals surface area contributed by atoms with Gasteiger partial charge in [0, 0.05) is 13.1 Å². The molecule has 1 unspecified atom stereocenters. The van der Waals surface area contributed by atoms with Gasteiger partial charge in [0.2, 0.25) is 0 Å². The van der Waals surface area contributed by atoms with Crippen molar-refractivity contribution in [3.8, 4) is 0 Å². The molecule has 0 N–H and O–H groups in total. The lowest BCUT2D eigenvalue weighted by Gasteiger charge is -2.18. The Balaban J connectivity index is 2.01. The number of benzene rings is 1. The summed E-state index contributed by atoms with van der Waals surface area (Å²) in [5.74, 6) is -1.21. The quantitative estimate of drug-likeness (QED) is 0.587. The first kappa shape index (κ1) is 19.1. The maximum atomic E-state index is 12.8. The van der Waals surface area contributed by atoms with Crippen LogP contribution in [0.15, 0.2) is 33.9 Å². The molecule has 1 aliphatic heterocycles. The number of esters is 1. The second kappa shape index (κ2) is 7.13. The van der Waals surface area contributed by atoms with E-state index in [0.717, 1.165) is 0 Å². The van der Waals surface area contributed by atoms with E-state index in [1.807, 2.05) is 0 Å². The molecule has 0 amide bonds. The van der Waals surface area contributed by atoms with Crippen molar-refractivity contribution in [2.45, 2.75) is 32.3 Å². The van der Waals surface area contributed by atoms with Crippen LogP contribution in [0.25, 0.3) is 17.0 Å². The largest absolute Gasteiger partial charge is 0.466 e. The van der Waals surface area contributed by atoms with Crippen LogP contribution in [-0.4, -0.2) is 40.7 Å². The van der Waals surface area contributed by atoms with Gasteiger partial charge in [-0.25, -0.2) is 9.59 Å². The highest BCUT2D eigenvalue weighted by atomic mass is 16.7. The zero-order chi connectivity index (χ0) is 19.8. The van der Waals surface area contributed by atoms with Crippen molar-refractivity contribution in [3.63, 3.8) is 0 Å². The maximum Gasteiger partial charge on any atom is 0.331 e. The van der Waals surface area contributed by atoms with Crippen LogP contribution in [0.2, 0.25) is 0 Å². The Morgan fingerprint density at radius 2 is 2.11 bits per heavy atom. The van der Waals surface area contributed by atoms with Crippen molar-refractivity contribution in [2.75, 3.05) is 13.7 Å². The molecule has 27 heavy (non-hydrogen) atoms. The van der Waals surface area contributed by atoms with Crippen LogP contribution in [0, 0.1) is 0 Å². The number of nitrogens with zero attached hydrogens (tertiary/aromatic N) is 2. The summed E-state index contributed by atoms with van der Waals surface area (Å²) in [6.07, 6.45) is 2.47. The summed E-state index contributed by atoms with van der Waals surface area (Å²) in [6, 6.07) is 5.02. The van der Waals surface area contributed by atoms with Crippen molar-refractivity contribution in [1.82, 2.24) is 9.13 Å². The predicted molar refractivity (Wildman–Crippen MR) is 99.4 cm³/mol. The first-order valence-corrected chi connectivity index (χ1v) is 8.53. The number of ether oxygens (including phenoxy) is 3. The molecule has 0 bridgehead atoms. The summed E-state index contributed by atoms with van der Waals surface area (Å²) in [6.45, 7) is 4.02. The third kappa shape index (κ3) is 3.86. The van der Waals surface area contributed by atoms with Crippen LogP contribution in [0.5, 0.6) is 0 Å². The molecule has 1 atom stereocenters. The minimum absolute atomic E-state index is 0.120. The van der Waals surface area contributed by atoms with E-state index < -0.39 is 17.4 Å². The van der Waals surface area contributed by atoms with Gasteiger partial charge in [-0.3, -0.25) is 13.9 Å². The molecule has 1 aromatic heterocycles. The number of carbonyl (C=O) groups excluding carboxylic acids is 1. The van der Waals surface area contributed by atoms with Crippen LogP contribution >= 0.6 is 0 Å². The first-order valence-electron chi connectivity index (χ1n) is 8.53. The van der Waals surface area contributed by atoms with Gasteiger partial charge in [0.15, 0.2) is 5.79 Å². The lowest BCUT2D eigenvalue weighted by atomic mass is 10.1. The predicted octanol–water partition coefficient (Wildman–Crippen LogP) is 1.04. The van der Waals surface area contributed by atoms with E-state index in [4.69, 9.17) is 9.47 Å². The van der Waals surface area contributed by atoms with E-state index in [9.17, 15) is 14.4 Å². The Bertz CT molecular complexity index is 1030. The van der Waals surface area contributed by atoms with E-state index in [-0.39, 0.29) is 18.2 Å². The Hall–Kier alpha value is -2.71. The number of aryl methyl sites for hydroxylation is 1. The molecular weight excluding hydrogens is 352 g/mol. The number of hydrogen-bond acceptors (Lipinski definition) is 6. The molecule has 2 heterocycles. The molecule has 0 spiro atoms. The van der Waals surface area contributed by atoms with E-state index in [0.29, 0.717) is 23.1 Å². The van der Waals surface area contributed by atoms with Gasteiger partial charge in [0.1, 0.15) is 6.10 Å². The Morgan fingerprint density at radius 3 is 2.74 bits per heavy atom. The second-order valence-electron chi connectivity index (χ2n) is 6.84. The molecule has 1 aromatic carbocycles. The maximum absolute atomic E-state index is 12.8. The molecule has 1 saturated heterocycles. The van der Waals surface area contributed by atoms with E-state index in [1.54, 1.807) is 45.2 Å². The van der Waals surface area contributed by atoms with Crippen LogP contribution in [0.1, 0.15) is 19.4 Å². The molecule has 8 nitrogen and oxygen atoms in total. The number of carbonyl (C=O) groups is 1. The number of hydrogen-bond donors (Lipinski definition) is 0. The molecule has 8 heteroatoms. The lowest BCUT2D eigenvalue weighted by molar-refractivity contribution is -0.139.